The standard InChI is InChI=1S/C19H29N5O3/c25-18(22-6-1-9-24-10-12-27-13-11-24)15-2-4-16(5-3-15)23-19(26)17-14-20-7-8-21-17/h7-8,14-16H,1-6,9-13H2,(H,22,25)(H,23,26). The molecule has 0 aromatic carbocycles. The van der Waals surface area contributed by atoms with Crippen LogP contribution in [-0.4, -0.2) is 72.1 Å². The number of amides is 2. The molecule has 8 heteroatoms. The van der Waals surface area contributed by atoms with Crippen molar-refractivity contribution in [2.24, 2.45) is 5.92 Å². The van der Waals surface area contributed by atoms with E-state index in [0.29, 0.717) is 5.69 Å². The highest BCUT2D eigenvalue weighted by Gasteiger charge is 2.27. The van der Waals surface area contributed by atoms with E-state index in [2.05, 4.69) is 25.5 Å². The van der Waals surface area contributed by atoms with Gasteiger partial charge in [-0.05, 0) is 38.6 Å². The fraction of sp³-hybridized carbons (Fsp3) is 0.684. The second-order valence-electron chi connectivity index (χ2n) is 7.21. The van der Waals surface area contributed by atoms with Crippen LogP contribution in [0.3, 0.4) is 0 Å². The lowest BCUT2D eigenvalue weighted by atomic mass is 9.85. The Morgan fingerprint density at radius 1 is 1.15 bits per heavy atom. The number of hydrogen-bond acceptors (Lipinski definition) is 6. The molecule has 0 unspecified atom stereocenters. The molecule has 3 rings (SSSR count). The lowest BCUT2D eigenvalue weighted by molar-refractivity contribution is -0.126. The number of nitrogens with zero attached hydrogens (tertiary/aromatic N) is 3. The number of carbonyl (C=O) groups is 2. The first kappa shape index (κ1) is 19.7. The van der Waals surface area contributed by atoms with Crippen molar-refractivity contribution in [1.29, 1.82) is 0 Å². The Morgan fingerprint density at radius 2 is 1.93 bits per heavy atom. The highest BCUT2D eigenvalue weighted by Crippen LogP contribution is 2.24. The predicted molar refractivity (Wildman–Crippen MR) is 100 cm³/mol. The average molecular weight is 375 g/mol. The Balaban J connectivity index is 1.30. The molecule has 1 aliphatic heterocycles. The highest BCUT2D eigenvalue weighted by molar-refractivity contribution is 5.92. The lowest BCUT2D eigenvalue weighted by Crippen LogP contribution is -2.42. The first-order valence-electron chi connectivity index (χ1n) is 9.87. The summed E-state index contributed by atoms with van der Waals surface area (Å²) in [6.45, 7) is 5.31. The van der Waals surface area contributed by atoms with E-state index < -0.39 is 0 Å². The highest BCUT2D eigenvalue weighted by atomic mass is 16.5. The van der Waals surface area contributed by atoms with Crippen molar-refractivity contribution in [3.8, 4) is 0 Å². The van der Waals surface area contributed by atoms with Crippen molar-refractivity contribution in [3.63, 3.8) is 0 Å². The van der Waals surface area contributed by atoms with Gasteiger partial charge in [0.05, 0.1) is 19.4 Å². The quantitative estimate of drug-likeness (QED) is 0.678. The van der Waals surface area contributed by atoms with Crippen LogP contribution in [-0.2, 0) is 9.53 Å². The largest absolute Gasteiger partial charge is 0.379 e. The molecule has 1 aromatic heterocycles. The molecule has 0 spiro atoms. The number of ether oxygens (including phenoxy) is 1. The van der Waals surface area contributed by atoms with Crippen LogP contribution in [0.5, 0.6) is 0 Å². The normalized spacial score (nSPS) is 23.6. The molecule has 2 N–H and O–H groups in total. The zero-order valence-electron chi connectivity index (χ0n) is 15.7. The van der Waals surface area contributed by atoms with Crippen molar-refractivity contribution in [2.45, 2.75) is 38.1 Å². The third-order valence-electron chi connectivity index (χ3n) is 5.28. The van der Waals surface area contributed by atoms with Crippen LogP contribution >= 0.6 is 0 Å². The number of nitrogens with one attached hydrogen (secondary N) is 2. The van der Waals surface area contributed by atoms with Gasteiger partial charge < -0.3 is 15.4 Å². The van der Waals surface area contributed by atoms with Gasteiger partial charge in [0, 0.05) is 44.0 Å². The zero-order valence-corrected chi connectivity index (χ0v) is 15.7. The molecule has 0 bridgehead atoms. The van der Waals surface area contributed by atoms with Crippen LogP contribution in [0.4, 0.5) is 0 Å². The Labute approximate surface area is 160 Å². The minimum Gasteiger partial charge on any atom is -0.379 e. The fourth-order valence-electron chi connectivity index (χ4n) is 3.66. The first-order valence-corrected chi connectivity index (χ1v) is 9.87. The van der Waals surface area contributed by atoms with E-state index in [-0.39, 0.29) is 23.8 Å². The van der Waals surface area contributed by atoms with E-state index in [4.69, 9.17) is 4.74 Å². The molecule has 2 fully saturated rings. The SMILES string of the molecule is O=C(NC1CCC(C(=O)NCCCN2CCOCC2)CC1)c1cnccn1. The van der Waals surface area contributed by atoms with E-state index in [1.54, 1.807) is 6.20 Å². The van der Waals surface area contributed by atoms with Gasteiger partial charge in [-0.2, -0.15) is 0 Å². The second-order valence-corrected chi connectivity index (χ2v) is 7.21. The van der Waals surface area contributed by atoms with Crippen LogP contribution in [0.2, 0.25) is 0 Å². The number of carbonyl (C=O) groups excluding carboxylic acids is 2. The van der Waals surface area contributed by atoms with Crippen molar-refractivity contribution in [2.75, 3.05) is 39.4 Å². The molecule has 0 radical (unpaired) electrons. The van der Waals surface area contributed by atoms with E-state index in [1.165, 1.54) is 12.4 Å². The Morgan fingerprint density at radius 3 is 2.63 bits per heavy atom. The average Bonchev–Trinajstić information content (AvgIpc) is 2.73. The molecule has 1 aromatic rings. The van der Waals surface area contributed by atoms with Gasteiger partial charge in [0.1, 0.15) is 5.69 Å². The number of hydrogen-bond donors (Lipinski definition) is 2. The van der Waals surface area contributed by atoms with Crippen molar-refractivity contribution in [1.82, 2.24) is 25.5 Å². The summed E-state index contributed by atoms with van der Waals surface area (Å²) >= 11 is 0. The summed E-state index contributed by atoms with van der Waals surface area (Å²) in [5, 5.41) is 6.07. The van der Waals surface area contributed by atoms with Crippen LogP contribution in [0.15, 0.2) is 18.6 Å². The third-order valence-corrected chi connectivity index (χ3v) is 5.28. The zero-order chi connectivity index (χ0) is 18.9. The van der Waals surface area contributed by atoms with Gasteiger partial charge >= 0.3 is 0 Å². The Hall–Kier alpha value is -2.06. The molecular formula is C19H29N5O3. The molecule has 2 amide bonds. The molecule has 2 heterocycles. The molecule has 0 atom stereocenters. The van der Waals surface area contributed by atoms with Crippen LogP contribution < -0.4 is 10.6 Å². The summed E-state index contributed by atoms with van der Waals surface area (Å²) in [6.07, 6.45) is 8.73. The van der Waals surface area contributed by atoms with E-state index in [1.807, 2.05) is 0 Å². The third kappa shape index (κ3) is 6.25. The van der Waals surface area contributed by atoms with Gasteiger partial charge in [-0.25, -0.2) is 4.98 Å². The van der Waals surface area contributed by atoms with Gasteiger partial charge in [0.25, 0.3) is 5.91 Å². The smallest absolute Gasteiger partial charge is 0.271 e. The molecule has 27 heavy (non-hydrogen) atoms. The maximum absolute atomic E-state index is 12.3. The summed E-state index contributed by atoms with van der Waals surface area (Å²) in [4.78, 5) is 34.8. The summed E-state index contributed by atoms with van der Waals surface area (Å²) in [7, 11) is 0. The van der Waals surface area contributed by atoms with Gasteiger partial charge in [0.15, 0.2) is 0 Å². The maximum Gasteiger partial charge on any atom is 0.271 e. The van der Waals surface area contributed by atoms with E-state index in [9.17, 15) is 9.59 Å². The lowest BCUT2D eigenvalue weighted by Gasteiger charge is -2.29. The predicted octanol–water partition coefficient (Wildman–Crippen LogP) is 0.604. The Bertz CT molecular complexity index is 599. The van der Waals surface area contributed by atoms with Gasteiger partial charge in [0.2, 0.25) is 5.91 Å². The molecule has 1 saturated carbocycles. The fourth-order valence-corrected chi connectivity index (χ4v) is 3.66. The summed E-state index contributed by atoms with van der Waals surface area (Å²) in [5.74, 6) is 0.00727. The second kappa shape index (κ2) is 10.3. The molecular weight excluding hydrogens is 346 g/mol. The minimum absolute atomic E-state index is 0.0538. The van der Waals surface area contributed by atoms with Crippen LogP contribution in [0, 0.1) is 5.92 Å². The minimum atomic E-state index is -0.195. The number of aromatic nitrogens is 2. The Kier molecular flexibility index (Phi) is 7.53. The van der Waals surface area contributed by atoms with Gasteiger partial charge in [-0.3, -0.25) is 19.5 Å². The van der Waals surface area contributed by atoms with Gasteiger partial charge in [-0.15, -0.1) is 0 Å². The molecule has 1 saturated heterocycles. The van der Waals surface area contributed by atoms with Crippen LogP contribution in [0.1, 0.15) is 42.6 Å². The first-order chi connectivity index (χ1) is 13.2. The van der Waals surface area contributed by atoms with Crippen molar-refractivity contribution in [3.05, 3.63) is 24.3 Å². The van der Waals surface area contributed by atoms with Crippen molar-refractivity contribution < 1.29 is 14.3 Å². The van der Waals surface area contributed by atoms with Crippen LogP contribution in [0.25, 0.3) is 0 Å². The van der Waals surface area contributed by atoms with E-state index >= 15 is 0 Å². The summed E-state index contributed by atoms with van der Waals surface area (Å²) < 4.78 is 5.34. The summed E-state index contributed by atoms with van der Waals surface area (Å²) in [6, 6.07) is 0.102. The van der Waals surface area contributed by atoms with Crippen molar-refractivity contribution >= 4 is 11.8 Å². The molecule has 2 aliphatic rings. The van der Waals surface area contributed by atoms with E-state index in [0.717, 1.165) is 71.5 Å². The molecule has 8 nitrogen and oxygen atoms in total. The molecule has 1 aliphatic carbocycles. The maximum atomic E-state index is 12.3. The van der Waals surface area contributed by atoms with Gasteiger partial charge in [-0.1, -0.05) is 0 Å². The number of morpholine rings is 1. The topological polar surface area (TPSA) is 96.5 Å². The summed E-state index contributed by atoms with van der Waals surface area (Å²) in [5.41, 5.74) is 0.331. The number of rotatable bonds is 7. The monoisotopic (exact) mass is 375 g/mol. The molecule has 148 valence electrons.